The van der Waals surface area contributed by atoms with Gasteiger partial charge in [0.25, 0.3) is 0 Å². The number of hydrogen-bond donors (Lipinski definition) is 1. The summed E-state index contributed by atoms with van der Waals surface area (Å²) in [7, 11) is 0. The zero-order chi connectivity index (χ0) is 15.3. The maximum atomic E-state index is 12.0. The molecule has 0 aromatic heterocycles. The van der Waals surface area contributed by atoms with Crippen molar-refractivity contribution in [1.82, 2.24) is 5.32 Å². The van der Waals surface area contributed by atoms with E-state index in [4.69, 9.17) is 0 Å². The van der Waals surface area contributed by atoms with E-state index in [1.165, 1.54) is 0 Å². The first-order valence-corrected chi connectivity index (χ1v) is 6.75. The molecule has 0 atom stereocenters. The van der Waals surface area contributed by atoms with E-state index in [1.54, 1.807) is 0 Å². The summed E-state index contributed by atoms with van der Waals surface area (Å²) in [5, 5.41) is 4.64. The Bertz CT molecular complexity index is 622. The molecule has 2 aromatic carbocycles. The van der Waals surface area contributed by atoms with Crippen molar-refractivity contribution in [3.05, 3.63) is 48.0 Å². The van der Waals surface area contributed by atoms with Crippen LogP contribution in [0.5, 0.6) is 0 Å². The number of nitrogens with one attached hydrogen (secondary N) is 1. The van der Waals surface area contributed by atoms with E-state index < -0.39 is 12.6 Å². The van der Waals surface area contributed by atoms with Crippen LogP contribution in [0, 0.1) is 0 Å². The quantitative estimate of drug-likeness (QED) is 0.834. The highest BCUT2D eigenvalue weighted by Gasteiger charge is 2.25. The van der Waals surface area contributed by atoms with Crippen molar-refractivity contribution in [1.29, 1.82) is 0 Å². The van der Waals surface area contributed by atoms with E-state index >= 15 is 0 Å². The van der Waals surface area contributed by atoms with Gasteiger partial charge < -0.3 is 5.32 Å². The van der Waals surface area contributed by atoms with Crippen LogP contribution in [0.4, 0.5) is 13.2 Å². The Morgan fingerprint density at radius 3 is 2.48 bits per heavy atom. The van der Waals surface area contributed by atoms with Crippen LogP contribution in [-0.4, -0.2) is 18.6 Å². The molecule has 0 bridgehead atoms. The highest BCUT2D eigenvalue weighted by Crippen LogP contribution is 2.20. The lowest BCUT2D eigenvalue weighted by atomic mass is 10.0. The summed E-state index contributed by atoms with van der Waals surface area (Å²) in [4.78, 5) is 11.7. The molecule has 0 aliphatic carbocycles. The van der Waals surface area contributed by atoms with Crippen molar-refractivity contribution in [2.24, 2.45) is 0 Å². The average Bonchev–Trinajstić information content (AvgIpc) is 2.42. The molecule has 1 N–H and O–H groups in total. The fourth-order valence-electron chi connectivity index (χ4n) is 2.11. The molecular weight excluding hydrogens is 279 g/mol. The molecule has 0 radical (unpaired) electrons. The molecule has 0 aliphatic rings. The zero-order valence-corrected chi connectivity index (χ0v) is 11.4. The molecule has 0 unspecified atom stereocenters. The Balaban J connectivity index is 1.84. The van der Waals surface area contributed by atoms with Crippen LogP contribution in [0.3, 0.4) is 0 Å². The molecule has 2 aromatic rings. The number of hydrogen-bond acceptors (Lipinski definition) is 1. The van der Waals surface area contributed by atoms with Crippen LogP contribution < -0.4 is 5.32 Å². The van der Waals surface area contributed by atoms with Gasteiger partial charge in [0.05, 0.1) is 6.42 Å². The molecule has 112 valence electrons. The molecular formula is C16H16F3NO. The predicted molar refractivity (Wildman–Crippen MR) is 76.0 cm³/mol. The van der Waals surface area contributed by atoms with Gasteiger partial charge in [-0.1, -0.05) is 42.5 Å². The molecule has 2 nitrogen and oxygen atoms in total. The number of rotatable bonds is 5. The topological polar surface area (TPSA) is 29.1 Å². The monoisotopic (exact) mass is 295 g/mol. The minimum absolute atomic E-state index is 0.0475. The van der Waals surface area contributed by atoms with Crippen LogP contribution in [0.2, 0.25) is 0 Å². The van der Waals surface area contributed by atoms with E-state index in [2.05, 4.69) is 5.32 Å². The molecule has 0 aliphatic heterocycles. The van der Waals surface area contributed by atoms with Crippen LogP contribution in [0.25, 0.3) is 10.8 Å². The summed E-state index contributed by atoms with van der Waals surface area (Å²) in [5.41, 5.74) is 0.849. The van der Waals surface area contributed by atoms with Gasteiger partial charge >= 0.3 is 6.18 Å². The minimum Gasteiger partial charge on any atom is -0.356 e. The Hall–Kier alpha value is -2.04. The first-order chi connectivity index (χ1) is 9.94. The van der Waals surface area contributed by atoms with Gasteiger partial charge in [0.2, 0.25) is 5.91 Å². The largest absolute Gasteiger partial charge is 0.389 e. The second kappa shape index (κ2) is 6.61. The summed E-state index contributed by atoms with van der Waals surface area (Å²) >= 11 is 0. The molecule has 0 fully saturated rings. The molecule has 1 amide bonds. The van der Waals surface area contributed by atoms with E-state index in [1.807, 2.05) is 42.5 Å². The fourth-order valence-corrected chi connectivity index (χ4v) is 2.11. The predicted octanol–water partition coefficient (Wildman–Crippen LogP) is 3.84. The van der Waals surface area contributed by atoms with Crippen LogP contribution >= 0.6 is 0 Å². The highest BCUT2D eigenvalue weighted by molar-refractivity contribution is 5.85. The number of alkyl halides is 3. The lowest BCUT2D eigenvalue weighted by Gasteiger charge is -2.08. The van der Waals surface area contributed by atoms with Crippen LogP contribution in [0.15, 0.2) is 42.5 Å². The van der Waals surface area contributed by atoms with Gasteiger partial charge in [-0.05, 0) is 22.8 Å². The van der Waals surface area contributed by atoms with E-state index in [0.717, 1.165) is 16.3 Å². The Labute approximate surface area is 121 Å². The summed E-state index contributed by atoms with van der Waals surface area (Å²) in [5.74, 6) is -0.257. The second-order valence-electron chi connectivity index (χ2n) is 4.93. The summed E-state index contributed by atoms with van der Waals surface area (Å²) < 4.78 is 35.9. The first-order valence-electron chi connectivity index (χ1n) is 6.75. The lowest BCUT2D eigenvalue weighted by Crippen LogP contribution is -2.27. The summed E-state index contributed by atoms with van der Waals surface area (Å²) in [6.45, 7) is 0.0475. The second-order valence-corrected chi connectivity index (χ2v) is 4.93. The van der Waals surface area contributed by atoms with E-state index in [9.17, 15) is 18.0 Å². The number of benzene rings is 2. The maximum absolute atomic E-state index is 12.0. The molecule has 2 rings (SSSR count). The van der Waals surface area contributed by atoms with Crippen LogP contribution in [0.1, 0.15) is 18.4 Å². The van der Waals surface area contributed by atoms with E-state index in [0.29, 0.717) is 0 Å². The van der Waals surface area contributed by atoms with Crippen LogP contribution in [-0.2, 0) is 11.2 Å². The molecule has 0 saturated carbocycles. The van der Waals surface area contributed by atoms with Crippen molar-refractivity contribution in [3.63, 3.8) is 0 Å². The van der Waals surface area contributed by atoms with Gasteiger partial charge in [-0.2, -0.15) is 13.2 Å². The SMILES string of the molecule is O=C(Cc1ccc2ccccc2c1)NCCCC(F)(F)F. The number of carbonyl (C=O) groups is 1. The average molecular weight is 295 g/mol. The van der Waals surface area contributed by atoms with Crippen molar-refractivity contribution in [3.8, 4) is 0 Å². The molecule has 21 heavy (non-hydrogen) atoms. The standard InChI is InChI=1S/C16H16F3NO/c17-16(18,19)8-3-9-20-15(21)11-12-6-7-13-4-1-2-5-14(13)10-12/h1-2,4-7,10H,3,8-9,11H2,(H,20,21). The number of fused-ring (bicyclic) bond motifs is 1. The third-order valence-electron chi connectivity index (χ3n) is 3.14. The number of halogens is 3. The van der Waals surface area contributed by atoms with Crippen molar-refractivity contribution >= 4 is 16.7 Å². The first kappa shape index (κ1) is 15.4. The molecule has 0 heterocycles. The Morgan fingerprint density at radius 1 is 1.05 bits per heavy atom. The normalized spacial score (nSPS) is 11.6. The molecule has 5 heteroatoms. The van der Waals surface area contributed by atoms with Gasteiger partial charge in [0, 0.05) is 13.0 Å². The number of amides is 1. The Morgan fingerprint density at radius 2 is 1.76 bits per heavy atom. The molecule has 0 saturated heterocycles. The van der Waals surface area contributed by atoms with Gasteiger partial charge in [0.1, 0.15) is 0 Å². The zero-order valence-electron chi connectivity index (χ0n) is 11.4. The fraction of sp³-hybridized carbons (Fsp3) is 0.312. The van der Waals surface area contributed by atoms with Gasteiger partial charge in [-0.15, -0.1) is 0 Å². The third-order valence-corrected chi connectivity index (χ3v) is 3.14. The number of carbonyl (C=O) groups excluding carboxylic acids is 1. The van der Waals surface area contributed by atoms with Crippen molar-refractivity contribution < 1.29 is 18.0 Å². The summed E-state index contributed by atoms with van der Waals surface area (Å²) in [6.07, 6.45) is -4.95. The summed E-state index contributed by atoms with van der Waals surface area (Å²) in [6, 6.07) is 13.5. The highest BCUT2D eigenvalue weighted by atomic mass is 19.4. The third kappa shape index (κ3) is 5.10. The molecule has 0 spiro atoms. The van der Waals surface area contributed by atoms with Gasteiger partial charge in [-0.25, -0.2) is 0 Å². The van der Waals surface area contributed by atoms with Crippen molar-refractivity contribution in [2.75, 3.05) is 6.54 Å². The van der Waals surface area contributed by atoms with Crippen molar-refractivity contribution in [2.45, 2.75) is 25.4 Å². The smallest absolute Gasteiger partial charge is 0.356 e. The van der Waals surface area contributed by atoms with Gasteiger partial charge in [0.15, 0.2) is 0 Å². The van der Waals surface area contributed by atoms with Gasteiger partial charge in [-0.3, -0.25) is 4.79 Å². The Kier molecular flexibility index (Phi) is 4.83. The lowest BCUT2D eigenvalue weighted by molar-refractivity contribution is -0.136. The maximum Gasteiger partial charge on any atom is 0.389 e. The van der Waals surface area contributed by atoms with E-state index in [-0.39, 0.29) is 25.3 Å². The minimum atomic E-state index is -4.16.